The van der Waals surface area contributed by atoms with E-state index in [1.54, 1.807) is 12.4 Å². The largest absolute Gasteiger partial charge is 0.368 e. The highest BCUT2D eigenvalue weighted by Gasteiger charge is 2.17. The van der Waals surface area contributed by atoms with Gasteiger partial charge >= 0.3 is 0 Å². The lowest BCUT2D eigenvalue weighted by molar-refractivity contribution is 0.748. The molecule has 2 aromatic heterocycles. The molecular formula is C16H22N4S. The summed E-state index contributed by atoms with van der Waals surface area (Å²) in [6.07, 6.45) is 5.65. The first kappa shape index (κ1) is 15.8. The zero-order valence-electron chi connectivity index (χ0n) is 13.3. The third kappa shape index (κ3) is 3.94. The molecule has 0 fully saturated rings. The van der Waals surface area contributed by atoms with Gasteiger partial charge in [0.25, 0.3) is 0 Å². The van der Waals surface area contributed by atoms with Crippen LogP contribution >= 0.6 is 11.8 Å². The van der Waals surface area contributed by atoms with E-state index in [0.29, 0.717) is 0 Å². The molecule has 4 nitrogen and oxygen atoms in total. The molecule has 5 heteroatoms. The summed E-state index contributed by atoms with van der Waals surface area (Å²) < 4.78 is 0.169. The molecule has 1 N–H and O–H groups in total. The number of hydrogen-bond donors (Lipinski definition) is 1. The Labute approximate surface area is 130 Å². The van der Waals surface area contributed by atoms with Gasteiger partial charge in [0.2, 0.25) is 0 Å². The topological polar surface area (TPSA) is 50.7 Å². The molecule has 0 aliphatic carbocycles. The van der Waals surface area contributed by atoms with Crippen molar-refractivity contribution in [3.63, 3.8) is 0 Å². The monoisotopic (exact) mass is 302 g/mol. The molecule has 21 heavy (non-hydrogen) atoms. The summed E-state index contributed by atoms with van der Waals surface area (Å²) >= 11 is 1.84. The van der Waals surface area contributed by atoms with Gasteiger partial charge in [-0.2, -0.15) is 11.8 Å². The lowest BCUT2D eigenvalue weighted by atomic mass is 10.2. The van der Waals surface area contributed by atoms with Crippen LogP contribution in [0.15, 0.2) is 24.5 Å². The smallest absolute Gasteiger partial charge is 0.161 e. The van der Waals surface area contributed by atoms with E-state index in [0.717, 1.165) is 35.0 Å². The molecular weight excluding hydrogens is 280 g/mol. The number of hydrogen-bond acceptors (Lipinski definition) is 5. The van der Waals surface area contributed by atoms with Crippen LogP contribution in [-0.4, -0.2) is 32.5 Å². The summed E-state index contributed by atoms with van der Waals surface area (Å²) in [7, 11) is 0. The lowest BCUT2D eigenvalue weighted by Crippen LogP contribution is -2.26. The first-order valence-electron chi connectivity index (χ1n) is 6.97. The fourth-order valence-electron chi connectivity index (χ4n) is 1.80. The summed E-state index contributed by atoms with van der Waals surface area (Å²) in [5.74, 6) is 1.65. The van der Waals surface area contributed by atoms with Crippen LogP contribution in [0.5, 0.6) is 0 Å². The molecule has 0 bridgehead atoms. The van der Waals surface area contributed by atoms with Gasteiger partial charge in [-0.05, 0) is 46.1 Å². The highest BCUT2D eigenvalue weighted by molar-refractivity contribution is 7.99. The predicted octanol–water partition coefficient (Wildman–Crippen LogP) is 3.71. The molecule has 112 valence electrons. The molecule has 0 saturated carbocycles. The minimum atomic E-state index is 0.169. The normalized spacial score (nSPS) is 11.5. The average molecular weight is 302 g/mol. The van der Waals surface area contributed by atoms with Gasteiger partial charge in [-0.1, -0.05) is 0 Å². The van der Waals surface area contributed by atoms with Crippen molar-refractivity contribution in [1.29, 1.82) is 0 Å². The van der Waals surface area contributed by atoms with Gasteiger partial charge < -0.3 is 5.32 Å². The first-order chi connectivity index (χ1) is 9.93. The molecule has 2 heterocycles. The van der Waals surface area contributed by atoms with Crippen molar-refractivity contribution in [2.75, 3.05) is 18.1 Å². The Kier molecular flexibility index (Phi) is 4.83. The van der Waals surface area contributed by atoms with Crippen molar-refractivity contribution >= 4 is 17.6 Å². The van der Waals surface area contributed by atoms with Gasteiger partial charge in [0, 0.05) is 40.5 Å². The SMILES string of the molecule is CSC(C)(C)CNc1nc(-c2ccncc2)nc(C)c1C. The van der Waals surface area contributed by atoms with Gasteiger partial charge in [-0.15, -0.1) is 0 Å². The van der Waals surface area contributed by atoms with Crippen molar-refractivity contribution in [1.82, 2.24) is 15.0 Å². The second kappa shape index (κ2) is 6.43. The van der Waals surface area contributed by atoms with E-state index in [1.165, 1.54) is 0 Å². The maximum atomic E-state index is 4.68. The summed E-state index contributed by atoms with van der Waals surface area (Å²) in [5.41, 5.74) is 3.09. The zero-order valence-corrected chi connectivity index (χ0v) is 14.1. The molecule has 0 aliphatic heterocycles. The van der Waals surface area contributed by atoms with E-state index in [-0.39, 0.29) is 4.75 Å². The number of nitrogens with one attached hydrogen (secondary N) is 1. The summed E-state index contributed by atoms with van der Waals surface area (Å²) in [5, 5.41) is 3.47. The minimum Gasteiger partial charge on any atom is -0.368 e. The first-order valence-corrected chi connectivity index (χ1v) is 8.20. The molecule has 0 aliphatic rings. The van der Waals surface area contributed by atoms with Crippen LogP contribution in [-0.2, 0) is 0 Å². The standard InChI is InChI=1S/C16H22N4S/c1-11-12(2)19-15(13-6-8-17-9-7-13)20-14(11)18-10-16(3,4)21-5/h6-9H,10H2,1-5H3,(H,18,19,20). The van der Waals surface area contributed by atoms with Gasteiger partial charge in [0.05, 0.1) is 0 Å². The van der Waals surface area contributed by atoms with Crippen molar-refractivity contribution in [3.05, 3.63) is 35.8 Å². The Hall–Kier alpha value is -1.62. The van der Waals surface area contributed by atoms with E-state index >= 15 is 0 Å². The molecule has 2 rings (SSSR count). The Balaban J connectivity index is 2.31. The lowest BCUT2D eigenvalue weighted by Gasteiger charge is -2.23. The fourth-order valence-corrected chi connectivity index (χ4v) is 2.02. The second-order valence-corrected chi connectivity index (χ2v) is 7.17. The Morgan fingerprint density at radius 2 is 1.81 bits per heavy atom. The molecule has 0 unspecified atom stereocenters. The maximum absolute atomic E-state index is 4.68. The van der Waals surface area contributed by atoms with E-state index in [4.69, 9.17) is 0 Å². The molecule has 0 atom stereocenters. The molecule has 0 amide bonds. The third-order valence-electron chi connectivity index (χ3n) is 3.56. The zero-order chi connectivity index (χ0) is 15.5. The number of aromatic nitrogens is 3. The number of thioether (sulfide) groups is 1. The van der Waals surface area contributed by atoms with Gasteiger partial charge in [0.1, 0.15) is 5.82 Å². The van der Waals surface area contributed by atoms with E-state index < -0.39 is 0 Å². The number of rotatable bonds is 5. The van der Waals surface area contributed by atoms with Crippen molar-refractivity contribution in [3.8, 4) is 11.4 Å². The quantitative estimate of drug-likeness (QED) is 0.912. The number of nitrogens with zero attached hydrogens (tertiary/aromatic N) is 3. The summed E-state index contributed by atoms with van der Waals surface area (Å²) in [4.78, 5) is 13.3. The number of anilines is 1. The number of aryl methyl sites for hydroxylation is 1. The Morgan fingerprint density at radius 1 is 1.14 bits per heavy atom. The van der Waals surface area contributed by atoms with E-state index in [9.17, 15) is 0 Å². The summed E-state index contributed by atoms with van der Waals surface area (Å²) in [6.45, 7) is 9.38. The van der Waals surface area contributed by atoms with Gasteiger partial charge in [0.15, 0.2) is 5.82 Å². The van der Waals surface area contributed by atoms with E-state index in [1.807, 2.05) is 30.8 Å². The van der Waals surface area contributed by atoms with Crippen molar-refractivity contribution in [2.24, 2.45) is 0 Å². The van der Waals surface area contributed by atoms with E-state index in [2.05, 4.69) is 47.3 Å². The fraction of sp³-hybridized carbons (Fsp3) is 0.438. The Bertz CT molecular complexity index is 611. The van der Waals surface area contributed by atoms with Crippen LogP contribution in [0, 0.1) is 13.8 Å². The Morgan fingerprint density at radius 3 is 2.43 bits per heavy atom. The van der Waals surface area contributed by atoms with Crippen molar-refractivity contribution < 1.29 is 0 Å². The van der Waals surface area contributed by atoms with Crippen LogP contribution < -0.4 is 5.32 Å². The predicted molar refractivity (Wildman–Crippen MR) is 90.8 cm³/mol. The highest BCUT2D eigenvalue weighted by atomic mass is 32.2. The molecule has 0 saturated heterocycles. The van der Waals surface area contributed by atoms with Crippen LogP contribution in [0.2, 0.25) is 0 Å². The van der Waals surface area contributed by atoms with Gasteiger partial charge in [-0.3, -0.25) is 4.98 Å². The molecule has 0 radical (unpaired) electrons. The highest BCUT2D eigenvalue weighted by Crippen LogP contribution is 2.24. The summed E-state index contributed by atoms with van der Waals surface area (Å²) in [6, 6.07) is 3.86. The molecule has 2 aromatic rings. The molecule has 0 spiro atoms. The second-order valence-electron chi connectivity index (χ2n) is 5.66. The van der Waals surface area contributed by atoms with Crippen LogP contribution in [0.3, 0.4) is 0 Å². The van der Waals surface area contributed by atoms with Crippen LogP contribution in [0.1, 0.15) is 25.1 Å². The number of pyridine rings is 1. The maximum Gasteiger partial charge on any atom is 0.161 e. The third-order valence-corrected chi connectivity index (χ3v) is 4.81. The van der Waals surface area contributed by atoms with Crippen LogP contribution in [0.4, 0.5) is 5.82 Å². The minimum absolute atomic E-state index is 0.169. The molecule has 0 aromatic carbocycles. The van der Waals surface area contributed by atoms with Gasteiger partial charge in [-0.25, -0.2) is 9.97 Å². The van der Waals surface area contributed by atoms with Crippen LogP contribution in [0.25, 0.3) is 11.4 Å². The average Bonchev–Trinajstić information content (AvgIpc) is 2.49. The van der Waals surface area contributed by atoms with Crippen molar-refractivity contribution in [2.45, 2.75) is 32.4 Å².